The minimum absolute atomic E-state index is 0.0167. The average Bonchev–Trinajstić information content (AvgIpc) is 3.07. The molecule has 1 atom stereocenters. The molecule has 24 heavy (non-hydrogen) atoms. The predicted octanol–water partition coefficient (Wildman–Crippen LogP) is 2.13. The molecule has 1 aromatic heterocycles. The van der Waals surface area contributed by atoms with Crippen LogP contribution in [0.25, 0.3) is 0 Å². The molecular formula is C17H18FN3O3. The maximum absolute atomic E-state index is 12.9. The zero-order valence-electron chi connectivity index (χ0n) is 13.1. The number of hydrogen-bond acceptors (Lipinski definition) is 3. The van der Waals surface area contributed by atoms with Crippen LogP contribution < -0.4 is 0 Å². The van der Waals surface area contributed by atoms with Crippen molar-refractivity contribution < 1.29 is 19.1 Å². The van der Waals surface area contributed by atoms with Gasteiger partial charge in [-0.1, -0.05) is 12.1 Å². The fourth-order valence-electron chi connectivity index (χ4n) is 2.93. The zero-order chi connectivity index (χ0) is 17.1. The molecule has 0 spiro atoms. The lowest BCUT2D eigenvalue weighted by Crippen LogP contribution is -2.41. The van der Waals surface area contributed by atoms with Crippen molar-refractivity contribution in [1.29, 1.82) is 0 Å². The number of benzene rings is 1. The molecular weight excluding hydrogens is 313 g/mol. The molecule has 2 heterocycles. The van der Waals surface area contributed by atoms with E-state index in [0.29, 0.717) is 13.1 Å². The molecule has 2 aromatic rings. The van der Waals surface area contributed by atoms with Crippen LogP contribution in [0.5, 0.6) is 0 Å². The summed E-state index contributed by atoms with van der Waals surface area (Å²) < 4.78 is 14.6. The van der Waals surface area contributed by atoms with Crippen molar-refractivity contribution in [2.45, 2.75) is 25.3 Å². The van der Waals surface area contributed by atoms with Crippen molar-refractivity contribution in [3.8, 4) is 0 Å². The van der Waals surface area contributed by atoms with E-state index in [1.54, 1.807) is 21.7 Å². The summed E-state index contributed by atoms with van der Waals surface area (Å²) in [4.78, 5) is 25.2. The van der Waals surface area contributed by atoms with Gasteiger partial charge in [-0.05, 0) is 30.5 Å². The Balaban J connectivity index is 1.64. The number of amides is 1. The molecule has 0 aliphatic carbocycles. The van der Waals surface area contributed by atoms with Crippen LogP contribution in [0.3, 0.4) is 0 Å². The lowest BCUT2D eigenvalue weighted by Gasteiger charge is -2.33. The predicted molar refractivity (Wildman–Crippen MR) is 84.1 cm³/mol. The van der Waals surface area contributed by atoms with Gasteiger partial charge in [0.15, 0.2) is 0 Å². The van der Waals surface area contributed by atoms with Gasteiger partial charge in [-0.15, -0.1) is 0 Å². The van der Waals surface area contributed by atoms with Gasteiger partial charge in [0.05, 0.1) is 24.2 Å². The van der Waals surface area contributed by atoms with Crippen molar-refractivity contribution in [3.05, 3.63) is 53.6 Å². The summed E-state index contributed by atoms with van der Waals surface area (Å²) in [7, 11) is 0. The second-order valence-corrected chi connectivity index (χ2v) is 5.95. The topological polar surface area (TPSA) is 75.4 Å². The highest BCUT2D eigenvalue weighted by Crippen LogP contribution is 2.22. The molecule has 1 N–H and O–H groups in total. The molecule has 1 aromatic carbocycles. The van der Waals surface area contributed by atoms with Gasteiger partial charge in [0.2, 0.25) is 5.91 Å². The minimum Gasteiger partial charge on any atom is -0.478 e. The van der Waals surface area contributed by atoms with Crippen molar-refractivity contribution in [2.24, 2.45) is 0 Å². The van der Waals surface area contributed by atoms with Crippen LogP contribution in [-0.2, 0) is 11.2 Å². The number of nitrogens with zero attached hydrogens (tertiary/aromatic N) is 3. The Bertz CT molecular complexity index is 742. The number of carbonyl (C=O) groups excluding carboxylic acids is 1. The Morgan fingerprint density at radius 1 is 1.29 bits per heavy atom. The van der Waals surface area contributed by atoms with Crippen LogP contribution in [0.2, 0.25) is 0 Å². The van der Waals surface area contributed by atoms with Crippen LogP contribution in [-0.4, -0.2) is 44.8 Å². The van der Waals surface area contributed by atoms with E-state index >= 15 is 0 Å². The Kier molecular flexibility index (Phi) is 4.59. The van der Waals surface area contributed by atoms with Crippen LogP contribution in [0.1, 0.15) is 34.8 Å². The monoisotopic (exact) mass is 331 g/mol. The fraction of sp³-hybridized carbons (Fsp3) is 0.353. The van der Waals surface area contributed by atoms with Gasteiger partial charge >= 0.3 is 5.97 Å². The minimum atomic E-state index is -1.01. The summed E-state index contributed by atoms with van der Waals surface area (Å²) in [6, 6.07) is 5.89. The molecule has 0 unspecified atom stereocenters. The van der Waals surface area contributed by atoms with Crippen LogP contribution in [0.4, 0.5) is 4.39 Å². The van der Waals surface area contributed by atoms with Crippen LogP contribution in [0, 0.1) is 5.82 Å². The number of piperidine rings is 1. The molecule has 6 nitrogen and oxygen atoms in total. The summed E-state index contributed by atoms with van der Waals surface area (Å²) in [6.45, 7) is 1.17. The molecule has 3 rings (SSSR count). The van der Waals surface area contributed by atoms with Crippen molar-refractivity contribution in [3.63, 3.8) is 0 Å². The molecule has 1 aliphatic heterocycles. The lowest BCUT2D eigenvalue weighted by atomic mass is 10.0. The number of aromatic nitrogens is 2. The van der Waals surface area contributed by atoms with E-state index in [9.17, 15) is 14.0 Å². The first-order valence-corrected chi connectivity index (χ1v) is 7.82. The molecule has 1 fully saturated rings. The van der Waals surface area contributed by atoms with Crippen molar-refractivity contribution >= 4 is 11.9 Å². The maximum atomic E-state index is 12.9. The third kappa shape index (κ3) is 3.61. The van der Waals surface area contributed by atoms with E-state index in [-0.39, 0.29) is 29.8 Å². The molecule has 1 aliphatic rings. The van der Waals surface area contributed by atoms with Gasteiger partial charge < -0.3 is 10.0 Å². The highest BCUT2D eigenvalue weighted by Gasteiger charge is 2.25. The quantitative estimate of drug-likeness (QED) is 0.931. The highest BCUT2D eigenvalue weighted by atomic mass is 19.1. The van der Waals surface area contributed by atoms with Gasteiger partial charge in [-0.3, -0.25) is 9.48 Å². The summed E-state index contributed by atoms with van der Waals surface area (Å²) in [5, 5.41) is 13.1. The third-order valence-corrected chi connectivity index (χ3v) is 4.24. The molecule has 1 saturated heterocycles. The summed E-state index contributed by atoms with van der Waals surface area (Å²) in [5.74, 6) is -1.35. The van der Waals surface area contributed by atoms with E-state index in [1.807, 2.05) is 0 Å². The Morgan fingerprint density at radius 2 is 2.04 bits per heavy atom. The molecule has 1 amide bonds. The highest BCUT2D eigenvalue weighted by molar-refractivity contribution is 5.86. The second-order valence-electron chi connectivity index (χ2n) is 5.95. The Morgan fingerprint density at radius 3 is 2.71 bits per heavy atom. The SMILES string of the molecule is O=C(O)c1cnn([C@H]2CCCN(C(=O)Cc3ccc(F)cc3)C2)c1. The standard InChI is InChI=1S/C17H18FN3O3/c18-14-5-3-12(4-6-14)8-16(22)20-7-1-2-15(11-20)21-10-13(9-19-21)17(23)24/h3-6,9-10,15H,1-2,7-8,11H2,(H,23,24)/t15-/m0/s1. The Hall–Kier alpha value is -2.70. The van der Waals surface area contributed by atoms with Gasteiger partial charge in [0, 0.05) is 19.3 Å². The number of hydrogen-bond donors (Lipinski definition) is 1. The number of halogens is 1. The number of carboxylic acid groups (broad SMARTS) is 1. The number of carboxylic acids is 1. The number of likely N-dealkylation sites (tertiary alicyclic amines) is 1. The van der Waals surface area contributed by atoms with Gasteiger partial charge in [0.1, 0.15) is 5.82 Å². The number of carbonyl (C=O) groups is 2. The van der Waals surface area contributed by atoms with Crippen molar-refractivity contribution in [1.82, 2.24) is 14.7 Å². The van der Waals surface area contributed by atoms with Crippen LogP contribution in [0.15, 0.2) is 36.7 Å². The lowest BCUT2D eigenvalue weighted by molar-refractivity contribution is -0.132. The van der Waals surface area contributed by atoms with E-state index < -0.39 is 5.97 Å². The van der Waals surface area contributed by atoms with E-state index in [0.717, 1.165) is 18.4 Å². The first-order valence-electron chi connectivity index (χ1n) is 7.82. The first-order chi connectivity index (χ1) is 11.5. The smallest absolute Gasteiger partial charge is 0.338 e. The van der Waals surface area contributed by atoms with Gasteiger partial charge in [-0.25, -0.2) is 9.18 Å². The molecule has 0 radical (unpaired) electrons. The van der Waals surface area contributed by atoms with Crippen molar-refractivity contribution in [2.75, 3.05) is 13.1 Å². The van der Waals surface area contributed by atoms with E-state index in [4.69, 9.17) is 5.11 Å². The fourth-order valence-corrected chi connectivity index (χ4v) is 2.93. The average molecular weight is 331 g/mol. The molecule has 7 heteroatoms. The zero-order valence-corrected chi connectivity index (χ0v) is 13.1. The normalized spacial score (nSPS) is 17.7. The number of aromatic carboxylic acids is 1. The summed E-state index contributed by atoms with van der Waals surface area (Å²) in [6.07, 6.45) is 4.73. The molecule has 0 bridgehead atoms. The third-order valence-electron chi connectivity index (χ3n) is 4.24. The maximum Gasteiger partial charge on any atom is 0.338 e. The molecule has 126 valence electrons. The van der Waals surface area contributed by atoms with E-state index in [1.165, 1.54) is 24.5 Å². The van der Waals surface area contributed by atoms with Gasteiger partial charge in [0.25, 0.3) is 0 Å². The second kappa shape index (κ2) is 6.82. The van der Waals surface area contributed by atoms with E-state index in [2.05, 4.69) is 5.10 Å². The molecule has 0 saturated carbocycles. The Labute approximate surface area is 138 Å². The summed E-state index contributed by atoms with van der Waals surface area (Å²) in [5.41, 5.74) is 0.917. The van der Waals surface area contributed by atoms with Crippen LogP contribution >= 0.6 is 0 Å². The number of rotatable bonds is 4. The largest absolute Gasteiger partial charge is 0.478 e. The summed E-state index contributed by atoms with van der Waals surface area (Å²) >= 11 is 0. The first kappa shape index (κ1) is 16.2. The van der Waals surface area contributed by atoms with Gasteiger partial charge in [-0.2, -0.15) is 5.10 Å².